The minimum atomic E-state index is -1.33. The first-order valence-electron chi connectivity index (χ1n) is 7.30. The summed E-state index contributed by atoms with van der Waals surface area (Å²) in [5.74, 6) is -1.03. The highest BCUT2D eigenvalue weighted by molar-refractivity contribution is 6.31. The molecule has 1 saturated heterocycles. The highest BCUT2D eigenvalue weighted by Crippen LogP contribution is 2.39. The summed E-state index contributed by atoms with van der Waals surface area (Å²) < 4.78 is 20.2. The van der Waals surface area contributed by atoms with E-state index in [1.54, 1.807) is 13.8 Å². The lowest BCUT2D eigenvalue weighted by molar-refractivity contribution is -0.119. The van der Waals surface area contributed by atoms with Gasteiger partial charge in [0.25, 0.3) is 0 Å². The average Bonchev–Trinajstić information content (AvgIpc) is 2.94. The molecule has 2 rings (SSSR count). The molecule has 1 fully saturated rings. The molecule has 1 unspecified atom stereocenters. The number of carboxylic acid groups (broad SMARTS) is 1. The molecule has 1 heterocycles. The molecule has 1 aromatic carbocycles. The van der Waals surface area contributed by atoms with Gasteiger partial charge < -0.3 is 15.2 Å². The van der Waals surface area contributed by atoms with E-state index in [0.29, 0.717) is 5.56 Å². The number of hydrazone groups is 1. The van der Waals surface area contributed by atoms with Gasteiger partial charge in [0.15, 0.2) is 0 Å². The van der Waals surface area contributed by atoms with Gasteiger partial charge in [-0.15, -0.1) is 0 Å². The molecule has 7 nitrogen and oxygen atoms in total. The van der Waals surface area contributed by atoms with E-state index in [0.717, 1.165) is 0 Å². The van der Waals surface area contributed by atoms with Gasteiger partial charge in [0, 0.05) is 30.0 Å². The third-order valence-corrected chi connectivity index (χ3v) is 3.86. The summed E-state index contributed by atoms with van der Waals surface area (Å²) >= 11 is 5.99. The van der Waals surface area contributed by atoms with Crippen LogP contribution in [0.2, 0.25) is 5.02 Å². The predicted octanol–water partition coefficient (Wildman–Crippen LogP) is 2.47. The monoisotopic (exact) mass is 357 g/mol. The van der Waals surface area contributed by atoms with Crippen molar-refractivity contribution in [3.8, 4) is 5.75 Å². The zero-order valence-corrected chi connectivity index (χ0v) is 13.9. The van der Waals surface area contributed by atoms with Gasteiger partial charge >= 0.3 is 6.09 Å². The van der Waals surface area contributed by atoms with Gasteiger partial charge in [0.1, 0.15) is 11.6 Å². The number of halogens is 2. The maximum atomic E-state index is 14.6. The number of carbonyl (C=O) groups excluding carboxylic acids is 1. The summed E-state index contributed by atoms with van der Waals surface area (Å²) in [7, 11) is 0. The lowest BCUT2D eigenvalue weighted by Gasteiger charge is -2.20. The summed E-state index contributed by atoms with van der Waals surface area (Å²) in [6.45, 7) is 3.82. The summed E-state index contributed by atoms with van der Waals surface area (Å²) in [5.41, 5.74) is 2.72. The Kier molecular flexibility index (Phi) is 5.61. The van der Waals surface area contributed by atoms with Crippen molar-refractivity contribution in [2.45, 2.75) is 26.2 Å². The summed E-state index contributed by atoms with van der Waals surface area (Å²) in [6.07, 6.45) is -1.20. The standard InChI is InChI=1S/C15H17ClFN3O4/c1-3-24-14-9(7(2)19-20-15(22)23)5-10(16)13(17)12(14)8-4-11(21)18-6-8/h5,8,20H,3-4,6H2,1-2H3,(H,18,21)(H,22,23). The number of nitrogens with zero attached hydrogens (tertiary/aromatic N) is 1. The topological polar surface area (TPSA) is 100 Å². The van der Waals surface area contributed by atoms with Crippen molar-refractivity contribution in [1.29, 1.82) is 0 Å². The Morgan fingerprint density at radius 3 is 2.88 bits per heavy atom. The molecular formula is C15H17ClFN3O4. The fraction of sp³-hybridized carbons (Fsp3) is 0.400. The van der Waals surface area contributed by atoms with E-state index in [1.807, 2.05) is 5.43 Å². The van der Waals surface area contributed by atoms with E-state index in [4.69, 9.17) is 21.4 Å². The summed E-state index contributed by atoms with van der Waals surface area (Å²) in [6, 6.07) is 1.33. The molecule has 0 bridgehead atoms. The third kappa shape index (κ3) is 3.76. The van der Waals surface area contributed by atoms with E-state index in [1.165, 1.54) is 6.07 Å². The number of benzene rings is 1. The lowest BCUT2D eigenvalue weighted by Crippen LogP contribution is -2.18. The number of rotatable bonds is 5. The Labute approximate surface area is 142 Å². The number of hydrogen-bond donors (Lipinski definition) is 3. The Bertz CT molecular complexity index is 708. The average molecular weight is 358 g/mol. The van der Waals surface area contributed by atoms with Crippen LogP contribution in [-0.2, 0) is 4.79 Å². The molecule has 0 saturated carbocycles. The van der Waals surface area contributed by atoms with Gasteiger partial charge in [0.2, 0.25) is 5.91 Å². The Morgan fingerprint density at radius 1 is 1.62 bits per heavy atom. The number of nitrogens with one attached hydrogen (secondary N) is 2. The van der Waals surface area contributed by atoms with Gasteiger partial charge in [-0.1, -0.05) is 11.6 Å². The molecule has 2 amide bonds. The zero-order valence-electron chi connectivity index (χ0n) is 13.2. The minimum Gasteiger partial charge on any atom is -0.493 e. The highest BCUT2D eigenvalue weighted by atomic mass is 35.5. The van der Waals surface area contributed by atoms with Crippen molar-refractivity contribution < 1.29 is 23.8 Å². The van der Waals surface area contributed by atoms with Crippen molar-refractivity contribution in [1.82, 2.24) is 10.7 Å². The smallest absolute Gasteiger partial charge is 0.425 e. The van der Waals surface area contributed by atoms with Gasteiger partial charge in [-0.25, -0.2) is 14.6 Å². The van der Waals surface area contributed by atoms with E-state index in [-0.39, 0.29) is 47.5 Å². The highest BCUT2D eigenvalue weighted by Gasteiger charge is 2.31. The molecule has 0 aliphatic carbocycles. The Balaban J connectivity index is 2.58. The molecule has 1 atom stereocenters. The van der Waals surface area contributed by atoms with Crippen LogP contribution in [0.1, 0.15) is 37.3 Å². The molecule has 9 heteroatoms. The van der Waals surface area contributed by atoms with Crippen LogP contribution in [-0.4, -0.2) is 36.0 Å². The first kappa shape index (κ1) is 18.0. The molecule has 1 aliphatic rings. The molecule has 0 radical (unpaired) electrons. The lowest BCUT2D eigenvalue weighted by atomic mass is 9.93. The summed E-state index contributed by atoms with van der Waals surface area (Å²) in [4.78, 5) is 22.1. The van der Waals surface area contributed by atoms with Crippen molar-refractivity contribution >= 4 is 29.3 Å². The molecular weight excluding hydrogens is 341 g/mol. The molecule has 0 aromatic heterocycles. The van der Waals surface area contributed by atoms with Crippen molar-refractivity contribution in [3.63, 3.8) is 0 Å². The first-order chi connectivity index (χ1) is 11.3. The fourth-order valence-electron chi connectivity index (χ4n) is 2.56. The number of amides is 2. The van der Waals surface area contributed by atoms with Gasteiger partial charge in [0.05, 0.1) is 17.3 Å². The minimum absolute atomic E-state index is 0.125. The predicted molar refractivity (Wildman–Crippen MR) is 86.3 cm³/mol. The second-order valence-corrected chi connectivity index (χ2v) is 5.62. The quantitative estimate of drug-likeness (QED) is 0.556. The van der Waals surface area contributed by atoms with E-state index in [9.17, 15) is 14.0 Å². The SMILES string of the molecule is CCOc1c(C(C)=NNC(=O)O)cc(Cl)c(F)c1C1CNC(=O)C1. The normalized spacial score (nSPS) is 17.6. The van der Waals surface area contributed by atoms with Crippen LogP contribution in [0.4, 0.5) is 9.18 Å². The second kappa shape index (κ2) is 7.48. The van der Waals surface area contributed by atoms with Crippen LogP contribution < -0.4 is 15.5 Å². The number of carbonyl (C=O) groups is 2. The number of hydrogen-bond acceptors (Lipinski definition) is 4. The second-order valence-electron chi connectivity index (χ2n) is 5.22. The molecule has 1 aliphatic heterocycles. The Morgan fingerprint density at radius 2 is 2.33 bits per heavy atom. The maximum Gasteiger partial charge on any atom is 0.425 e. The van der Waals surface area contributed by atoms with Gasteiger partial charge in [-0.05, 0) is 19.9 Å². The molecule has 1 aromatic rings. The Hall–Kier alpha value is -2.35. The van der Waals surface area contributed by atoms with Crippen LogP contribution in [0.5, 0.6) is 5.75 Å². The van der Waals surface area contributed by atoms with Crippen LogP contribution in [0.15, 0.2) is 11.2 Å². The molecule has 0 spiro atoms. The van der Waals surface area contributed by atoms with Crippen LogP contribution in [0.3, 0.4) is 0 Å². The largest absolute Gasteiger partial charge is 0.493 e. The van der Waals surface area contributed by atoms with Crippen molar-refractivity contribution in [2.24, 2.45) is 5.10 Å². The van der Waals surface area contributed by atoms with E-state index in [2.05, 4.69) is 10.4 Å². The zero-order chi connectivity index (χ0) is 17.9. The third-order valence-electron chi connectivity index (χ3n) is 3.59. The summed E-state index contributed by atoms with van der Waals surface area (Å²) in [5, 5.41) is 14.9. The molecule has 24 heavy (non-hydrogen) atoms. The fourth-order valence-corrected chi connectivity index (χ4v) is 2.77. The number of ether oxygens (including phenoxy) is 1. The van der Waals surface area contributed by atoms with Crippen molar-refractivity contribution in [2.75, 3.05) is 13.2 Å². The maximum absolute atomic E-state index is 14.6. The van der Waals surface area contributed by atoms with E-state index >= 15 is 0 Å². The molecule has 130 valence electrons. The van der Waals surface area contributed by atoms with E-state index < -0.39 is 17.8 Å². The molecule has 3 N–H and O–H groups in total. The first-order valence-corrected chi connectivity index (χ1v) is 7.67. The van der Waals surface area contributed by atoms with Crippen LogP contribution >= 0.6 is 11.6 Å². The van der Waals surface area contributed by atoms with Gasteiger partial charge in [-0.2, -0.15) is 5.10 Å². The van der Waals surface area contributed by atoms with Crippen molar-refractivity contribution in [3.05, 3.63) is 28.0 Å². The van der Waals surface area contributed by atoms with Crippen LogP contribution in [0.25, 0.3) is 0 Å². The van der Waals surface area contributed by atoms with Crippen LogP contribution in [0, 0.1) is 5.82 Å². The van der Waals surface area contributed by atoms with Gasteiger partial charge in [-0.3, -0.25) is 4.79 Å².